The molecule has 0 bridgehead atoms. The van der Waals surface area contributed by atoms with Crippen molar-refractivity contribution in [1.29, 1.82) is 0 Å². The minimum atomic E-state index is -0.216. The third-order valence-corrected chi connectivity index (χ3v) is 3.26. The van der Waals surface area contributed by atoms with Gasteiger partial charge in [-0.1, -0.05) is 48.5 Å². The third kappa shape index (κ3) is 5.20. The molecule has 0 saturated heterocycles. The van der Waals surface area contributed by atoms with Crippen LogP contribution in [0.4, 0.5) is 4.39 Å². The Hall–Kier alpha value is -2.36. The molecular formula is C18H22FN3. The number of rotatable bonds is 6. The second kappa shape index (κ2) is 8.82. The van der Waals surface area contributed by atoms with Crippen LogP contribution in [0.1, 0.15) is 18.1 Å². The van der Waals surface area contributed by atoms with Crippen molar-refractivity contribution >= 4 is 5.96 Å². The van der Waals surface area contributed by atoms with Gasteiger partial charge < -0.3 is 10.6 Å². The number of hydrogen-bond acceptors (Lipinski definition) is 1. The van der Waals surface area contributed by atoms with Gasteiger partial charge in [0.2, 0.25) is 0 Å². The Morgan fingerprint density at radius 3 is 2.45 bits per heavy atom. The van der Waals surface area contributed by atoms with Gasteiger partial charge in [0.15, 0.2) is 5.96 Å². The highest BCUT2D eigenvalue weighted by Gasteiger charge is 2.01. The summed E-state index contributed by atoms with van der Waals surface area (Å²) in [5.41, 5.74) is 1.88. The van der Waals surface area contributed by atoms with Crippen molar-refractivity contribution < 1.29 is 4.39 Å². The fraction of sp³-hybridized carbons (Fsp3) is 0.278. The lowest BCUT2D eigenvalue weighted by Crippen LogP contribution is -2.38. The molecule has 0 aliphatic rings. The summed E-state index contributed by atoms with van der Waals surface area (Å²) in [6.45, 7) is 3.90. The monoisotopic (exact) mass is 299 g/mol. The van der Waals surface area contributed by atoms with Crippen LogP contribution in [0.3, 0.4) is 0 Å². The van der Waals surface area contributed by atoms with Crippen molar-refractivity contribution in [2.75, 3.05) is 13.1 Å². The Bertz CT molecular complexity index is 596. The first-order chi connectivity index (χ1) is 10.8. The topological polar surface area (TPSA) is 36.4 Å². The summed E-state index contributed by atoms with van der Waals surface area (Å²) in [4.78, 5) is 4.43. The van der Waals surface area contributed by atoms with Gasteiger partial charge in [-0.15, -0.1) is 0 Å². The second-order valence-electron chi connectivity index (χ2n) is 4.95. The Labute approximate surface area is 131 Å². The molecule has 0 aliphatic heterocycles. The number of nitrogens with one attached hydrogen (secondary N) is 2. The zero-order valence-corrected chi connectivity index (χ0v) is 12.8. The van der Waals surface area contributed by atoms with Crippen LogP contribution in [0.2, 0.25) is 0 Å². The van der Waals surface area contributed by atoms with Crippen molar-refractivity contribution in [3.63, 3.8) is 0 Å². The number of benzene rings is 2. The average molecular weight is 299 g/mol. The SMILES string of the molecule is CCNC(=NCc1ccccc1F)NCCc1ccccc1. The van der Waals surface area contributed by atoms with Crippen molar-refractivity contribution in [1.82, 2.24) is 10.6 Å². The van der Waals surface area contributed by atoms with E-state index in [2.05, 4.69) is 27.8 Å². The maximum atomic E-state index is 13.6. The molecule has 0 aromatic heterocycles. The third-order valence-electron chi connectivity index (χ3n) is 3.26. The van der Waals surface area contributed by atoms with E-state index in [4.69, 9.17) is 0 Å². The van der Waals surface area contributed by atoms with Crippen LogP contribution >= 0.6 is 0 Å². The molecule has 0 atom stereocenters. The van der Waals surface area contributed by atoms with Crippen LogP contribution in [0.15, 0.2) is 59.6 Å². The fourth-order valence-corrected chi connectivity index (χ4v) is 2.10. The quantitative estimate of drug-likeness (QED) is 0.635. The van der Waals surface area contributed by atoms with Gasteiger partial charge in [0.05, 0.1) is 6.54 Å². The van der Waals surface area contributed by atoms with E-state index >= 15 is 0 Å². The zero-order chi connectivity index (χ0) is 15.6. The molecule has 2 aromatic rings. The summed E-state index contributed by atoms with van der Waals surface area (Å²) in [5, 5.41) is 6.45. The normalized spacial score (nSPS) is 11.3. The average Bonchev–Trinajstić information content (AvgIpc) is 2.55. The molecule has 22 heavy (non-hydrogen) atoms. The van der Waals surface area contributed by atoms with Crippen LogP contribution in [-0.4, -0.2) is 19.0 Å². The van der Waals surface area contributed by atoms with Gasteiger partial charge in [-0.3, -0.25) is 0 Å². The molecule has 2 aromatic carbocycles. The second-order valence-corrected chi connectivity index (χ2v) is 4.95. The Balaban J connectivity index is 1.89. The van der Waals surface area contributed by atoms with Crippen molar-refractivity contribution in [3.05, 3.63) is 71.5 Å². The first-order valence-electron chi connectivity index (χ1n) is 7.59. The van der Waals surface area contributed by atoms with Crippen molar-refractivity contribution in [3.8, 4) is 0 Å². The Morgan fingerprint density at radius 1 is 1.00 bits per heavy atom. The van der Waals surface area contributed by atoms with Crippen molar-refractivity contribution in [2.45, 2.75) is 19.9 Å². The van der Waals surface area contributed by atoms with E-state index in [0.29, 0.717) is 18.1 Å². The predicted octanol–water partition coefficient (Wildman–Crippen LogP) is 3.12. The van der Waals surface area contributed by atoms with Crippen LogP contribution in [0.5, 0.6) is 0 Å². The molecular weight excluding hydrogens is 277 g/mol. The lowest BCUT2D eigenvalue weighted by molar-refractivity contribution is 0.610. The molecule has 0 aliphatic carbocycles. The summed E-state index contributed by atoms with van der Waals surface area (Å²) in [6.07, 6.45) is 0.922. The lowest BCUT2D eigenvalue weighted by Gasteiger charge is -2.11. The molecule has 0 spiro atoms. The summed E-state index contributed by atoms with van der Waals surface area (Å²) in [5.74, 6) is 0.494. The standard InChI is InChI=1S/C18H22FN3/c1-2-20-18(21-13-12-15-8-4-3-5-9-15)22-14-16-10-6-7-11-17(16)19/h3-11H,2,12-14H2,1H3,(H2,20,21,22). The molecule has 0 amide bonds. The number of guanidine groups is 1. The van der Waals surface area contributed by atoms with Crippen LogP contribution in [0.25, 0.3) is 0 Å². The van der Waals surface area contributed by atoms with Crippen LogP contribution in [0, 0.1) is 5.82 Å². The van der Waals surface area contributed by atoms with Crippen LogP contribution < -0.4 is 10.6 Å². The largest absolute Gasteiger partial charge is 0.357 e. The first kappa shape index (κ1) is 16.0. The Kier molecular flexibility index (Phi) is 6.42. The molecule has 0 unspecified atom stereocenters. The van der Waals surface area contributed by atoms with Gasteiger partial charge in [0, 0.05) is 18.7 Å². The van der Waals surface area contributed by atoms with Gasteiger partial charge in [-0.05, 0) is 25.0 Å². The maximum absolute atomic E-state index is 13.6. The van der Waals surface area contributed by atoms with E-state index in [1.807, 2.05) is 31.2 Å². The predicted molar refractivity (Wildman–Crippen MR) is 89.4 cm³/mol. The van der Waals surface area contributed by atoms with Crippen LogP contribution in [-0.2, 0) is 13.0 Å². The number of nitrogens with zero attached hydrogens (tertiary/aromatic N) is 1. The van der Waals surface area contributed by atoms with E-state index in [9.17, 15) is 4.39 Å². The van der Waals surface area contributed by atoms with E-state index < -0.39 is 0 Å². The first-order valence-corrected chi connectivity index (χ1v) is 7.59. The number of aliphatic imine (C=N–C) groups is 1. The minimum Gasteiger partial charge on any atom is -0.357 e. The highest BCUT2D eigenvalue weighted by Crippen LogP contribution is 2.07. The molecule has 2 rings (SSSR count). The van der Waals surface area contributed by atoms with Gasteiger partial charge >= 0.3 is 0 Å². The summed E-state index contributed by atoms with van der Waals surface area (Å²) in [7, 11) is 0. The molecule has 0 radical (unpaired) electrons. The maximum Gasteiger partial charge on any atom is 0.191 e. The number of halogens is 1. The molecule has 3 nitrogen and oxygen atoms in total. The summed E-state index contributed by atoms with van der Waals surface area (Å²) in [6, 6.07) is 17.0. The molecule has 0 saturated carbocycles. The fourth-order valence-electron chi connectivity index (χ4n) is 2.10. The highest BCUT2D eigenvalue weighted by atomic mass is 19.1. The van der Waals surface area contributed by atoms with Gasteiger partial charge in [-0.25, -0.2) is 9.38 Å². The van der Waals surface area contributed by atoms with Gasteiger partial charge in [-0.2, -0.15) is 0 Å². The van der Waals surface area contributed by atoms with E-state index in [1.54, 1.807) is 12.1 Å². The minimum absolute atomic E-state index is 0.216. The van der Waals surface area contributed by atoms with E-state index in [0.717, 1.165) is 19.5 Å². The van der Waals surface area contributed by atoms with E-state index in [1.165, 1.54) is 11.6 Å². The van der Waals surface area contributed by atoms with Gasteiger partial charge in [0.1, 0.15) is 5.82 Å². The summed E-state index contributed by atoms with van der Waals surface area (Å²) >= 11 is 0. The highest BCUT2D eigenvalue weighted by molar-refractivity contribution is 5.79. The van der Waals surface area contributed by atoms with E-state index in [-0.39, 0.29) is 5.82 Å². The molecule has 4 heteroatoms. The molecule has 0 fully saturated rings. The lowest BCUT2D eigenvalue weighted by atomic mass is 10.1. The number of hydrogen-bond donors (Lipinski definition) is 2. The molecule has 116 valence electrons. The Morgan fingerprint density at radius 2 is 1.73 bits per heavy atom. The van der Waals surface area contributed by atoms with Crippen molar-refractivity contribution in [2.24, 2.45) is 4.99 Å². The summed E-state index contributed by atoms with van der Waals surface area (Å²) < 4.78 is 13.6. The zero-order valence-electron chi connectivity index (χ0n) is 12.8. The van der Waals surface area contributed by atoms with Gasteiger partial charge in [0.25, 0.3) is 0 Å². The molecule has 2 N–H and O–H groups in total. The molecule has 0 heterocycles. The smallest absolute Gasteiger partial charge is 0.191 e.